The lowest BCUT2D eigenvalue weighted by Gasteiger charge is -2.22. The number of ether oxygens (including phenoxy) is 1. The third-order valence-electron chi connectivity index (χ3n) is 6.02. The number of amides is 1. The second-order valence-corrected chi connectivity index (χ2v) is 8.24. The van der Waals surface area contributed by atoms with Gasteiger partial charge in [0, 0.05) is 23.8 Å². The number of benzene rings is 3. The van der Waals surface area contributed by atoms with Crippen molar-refractivity contribution in [1.29, 1.82) is 0 Å². The van der Waals surface area contributed by atoms with Crippen LogP contribution in [-0.2, 0) is 9.59 Å². The highest BCUT2D eigenvalue weighted by atomic mass is 16.6. The normalized spacial score (nSPS) is 17.1. The maximum absolute atomic E-state index is 13.2. The average Bonchev–Trinajstić information content (AvgIpc) is 3.43. The fourth-order valence-corrected chi connectivity index (χ4v) is 4.31. The van der Waals surface area contributed by atoms with E-state index >= 15 is 0 Å². The van der Waals surface area contributed by atoms with Crippen molar-refractivity contribution in [3.8, 4) is 5.75 Å². The summed E-state index contributed by atoms with van der Waals surface area (Å²) in [5.41, 5.74) is 0.122. The van der Waals surface area contributed by atoms with Crippen molar-refractivity contribution in [3.05, 3.63) is 99.3 Å². The van der Waals surface area contributed by atoms with E-state index in [9.17, 15) is 24.8 Å². The number of carbonyl (C=O) groups excluding carboxylic acids is 2. The van der Waals surface area contributed by atoms with E-state index in [-0.39, 0.29) is 22.6 Å². The third kappa shape index (κ3) is 3.74. The lowest BCUT2D eigenvalue weighted by atomic mass is 9.94. The number of aliphatic hydroxyl groups is 1. The van der Waals surface area contributed by atoms with E-state index < -0.39 is 28.4 Å². The van der Waals surface area contributed by atoms with E-state index in [1.54, 1.807) is 50.4 Å². The molecule has 0 saturated carbocycles. The fraction of sp³-hybridized carbons (Fsp3) is 0.115. The second kappa shape index (κ2) is 8.66. The molecule has 3 aromatic carbocycles. The highest BCUT2D eigenvalue weighted by molar-refractivity contribution is 6.51. The maximum Gasteiger partial charge on any atom is 0.301 e. The van der Waals surface area contributed by atoms with Crippen molar-refractivity contribution < 1.29 is 28.9 Å². The topological polar surface area (TPSA) is 136 Å². The summed E-state index contributed by atoms with van der Waals surface area (Å²) in [6.45, 7) is 1.62. The predicted octanol–water partition coefficient (Wildman–Crippen LogP) is 4.68. The molecule has 1 saturated heterocycles. The standard InChI is InChI=1S/C26H19N3O7/c1-14-10-21(27-36-14)28-23(17-4-3-5-19(12-17)29(33)34)22(25(31)26(28)32)24(30)18-7-6-16-13-20(35-2)9-8-15(16)11-18/h3-13,23,30H,1-2H3/b24-22+. The van der Waals surface area contributed by atoms with E-state index in [1.807, 2.05) is 6.07 Å². The van der Waals surface area contributed by atoms with Crippen molar-refractivity contribution >= 4 is 39.7 Å². The molecule has 1 atom stereocenters. The van der Waals surface area contributed by atoms with Gasteiger partial charge in [0.15, 0.2) is 5.82 Å². The fourth-order valence-electron chi connectivity index (χ4n) is 4.31. The van der Waals surface area contributed by atoms with E-state index in [2.05, 4.69) is 5.16 Å². The third-order valence-corrected chi connectivity index (χ3v) is 6.02. The minimum Gasteiger partial charge on any atom is -0.507 e. The van der Waals surface area contributed by atoms with Crippen LogP contribution >= 0.6 is 0 Å². The number of carbonyl (C=O) groups is 2. The number of Topliss-reactive ketones (excluding diaryl/α,β-unsaturated/α-hetero) is 1. The number of fused-ring (bicyclic) bond motifs is 1. The van der Waals surface area contributed by atoms with Gasteiger partial charge in [0.25, 0.3) is 11.5 Å². The Morgan fingerprint density at radius 2 is 1.83 bits per heavy atom. The van der Waals surface area contributed by atoms with Crippen LogP contribution in [0.15, 0.2) is 76.8 Å². The molecule has 5 rings (SSSR count). The number of aliphatic hydroxyl groups excluding tert-OH is 1. The molecular weight excluding hydrogens is 466 g/mol. The van der Waals surface area contributed by atoms with Crippen molar-refractivity contribution in [1.82, 2.24) is 5.16 Å². The van der Waals surface area contributed by atoms with Gasteiger partial charge in [0.05, 0.1) is 23.6 Å². The lowest BCUT2D eigenvalue weighted by molar-refractivity contribution is -0.384. The Morgan fingerprint density at radius 1 is 1.08 bits per heavy atom. The van der Waals surface area contributed by atoms with Gasteiger partial charge in [0.1, 0.15) is 17.3 Å². The van der Waals surface area contributed by atoms with Crippen LogP contribution in [0.5, 0.6) is 5.75 Å². The molecule has 0 aliphatic carbocycles. The van der Waals surface area contributed by atoms with Crippen LogP contribution in [0.25, 0.3) is 16.5 Å². The first-order valence-corrected chi connectivity index (χ1v) is 10.9. The summed E-state index contributed by atoms with van der Waals surface area (Å²) >= 11 is 0. The Hall–Kier alpha value is -4.99. The lowest BCUT2D eigenvalue weighted by Crippen LogP contribution is -2.29. The number of rotatable bonds is 5. The van der Waals surface area contributed by atoms with Crippen molar-refractivity contribution in [2.24, 2.45) is 0 Å². The summed E-state index contributed by atoms with van der Waals surface area (Å²) in [4.78, 5) is 38.3. The first kappa shape index (κ1) is 22.8. The van der Waals surface area contributed by atoms with Gasteiger partial charge >= 0.3 is 5.91 Å². The van der Waals surface area contributed by atoms with Crippen molar-refractivity contribution in [2.75, 3.05) is 12.0 Å². The largest absolute Gasteiger partial charge is 0.507 e. The summed E-state index contributed by atoms with van der Waals surface area (Å²) < 4.78 is 10.3. The molecule has 180 valence electrons. The molecule has 10 heteroatoms. The Kier molecular flexibility index (Phi) is 5.48. The molecule has 10 nitrogen and oxygen atoms in total. The number of nitro benzene ring substituents is 1. The zero-order valence-corrected chi connectivity index (χ0v) is 19.2. The monoisotopic (exact) mass is 485 g/mol. The number of aromatic nitrogens is 1. The molecule has 0 spiro atoms. The van der Waals surface area contributed by atoms with Crippen LogP contribution in [-0.4, -0.2) is 34.0 Å². The Balaban J connectivity index is 1.72. The summed E-state index contributed by atoms with van der Waals surface area (Å²) in [6, 6.07) is 16.3. The molecule has 1 fully saturated rings. The number of hydrogen-bond donors (Lipinski definition) is 1. The number of anilines is 1. The molecule has 1 aliphatic heterocycles. The number of methoxy groups -OCH3 is 1. The minimum absolute atomic E-state index is 0.0516. The zero-order valence-electron chi connectivity index (χ0n) is 19.2. The molecule has 1 aliphatic rings. The highest BCUT2D eigenvalue weighted by Crippen LogP contribution is 2.42. The van der Waals surface area contributed by atoms with Gasteiger partial charge in [-0.2, -0.15) is 0 Å². The first-order valence-electron chi connectivity index (χ1n) is 10.9. The molecule has 0 bridgehead atoms. The van der Waals surface area contributed by atoms with Crippen LogP contribution in [0.1, 0.15) is 22.9 Å². The summed E-state index contributed by atoms with van der Waals surface area (Å²) in [5, 5.41) is 28.2. The van der Waals surface area contributed by atoms with Gasteiger partial charge in [-0.15, -0.1) is 0 Å². The summed E-state index contributed by atoms with van der Waals surface area (Å²) in [5.74, 6) is -1.18. The summed E-state index contributed by atoms with van der Waals surface area (Å²) in [7, 11) is 1.56. The van der Waals surface area contributed by atoms with Gasteiger partial charge in [-0.1, -0.05) is 35.5 Å². The molecular formula is C26H19N3O7. The SMILES string of the molecule is COc1ccc2cc(/C(O)=C3\C(=O)C(=O)N(c4cc(C)on4)C3c3cccc([N+](=O)[O-])c3)ccc2c1. The second-order valence-electron chi connectivity index (χ2n) is 8.24. The van der Waals surface area contributed by atoms with Crippen LogP contribution in [0.4, 0.5) is 11.5 Å². The molecule has 1 N–H and O–H groups in total. The molecule has 0 radical (unpaired) electrons. The molecule has 4 aromatic rings. The molecule has 1 unspecified atom stereocenters. The Labute approximate surface area is 204 Å². The van der Waals surface area contributed by atoms with Gasteiger partial charge in [0.2, 0.25) is 0 Å². The van der Waals surface area contributed by atoms with Crippen LogP contribution in [0.2, 0.25) is 0 Å². The molecule has 2 heterocycles. The smallest absolute Gasteiger partial charge is 0.301 e. The number of nitrogens with zero attached hydrogens (tertiary/aromatic N) is 3. The van der Waals surface area contributed by atoms with Gasteiger partial charge < -0.3 is 14.4 Å². The predicted molar refractivity (Wildman–Crippen MR) is 130 cm³/mol. The number of nitro groups is 1. The number of non-ortho nitro benzene ring substituents is 1. The highest BCUT2D eigenvalue weighted by Gasteiger charge is 2.48. The summed E-state index contributed by atoms with van der Waals surface area (Å²) in [6.07, 6.45) is 0. The van der Waals surface area contributed by atoms with E-state index in [0.717, 1.165) is 15.7 Å². The molecule has 36 heavy (non-hydrogen) atoms. The number of aryl methyl sites for hydroxylation is 1. The van der Waals surface area contributed by atoms with Gasteiger partial charge in [-0.25, -0.2) is 0 Å². The Morgan fingerprint density at radius 3 is 2.53 bits per heavy atom. The first-order chi connectivity index (χ1) is 17.3. The zero-order chi connectivity index (χ0) is 25.6. The number of ketones is 1. The molecule has 1 amide bonds. The van der Waals surface area contributed by atoms with E-state index in [4.69, 9.17) is 9.26 Å². The van der Waals surface area contributed by atoms with Crippen LogP contribution in [0, 0.1) is 17.0 Å². The average molecular weight is 485 g/mol. The Bertz CT molecular complexity index is 1590. The van der Waals surface area contributed by atoms with Crippen LogP contribution in [0.3, 0.4) is 0 Å². The van der Waals surface area contributed by atoms with Crippen molar-refractivity contribution in [2.45, 2.75) is 13.0 Å². The van der Waals surface area contributed by atoms with Crippen molar-refractivity contribution in [3.63, 3.8) is 0 Å². The number of hydrogen-bond acceptors (Lipinski definition) is 8. The maximum atomic E-state index is 13.2. The van der Waals surface area contributed by atoms with Gasteiger partial charge in [-0.05, 0) is 41.5 Å². The minimum atomic E-state index is -1.17. The quantitative estimate of drug-likeness (QED) is 0.141. The van der Waals surface area contributed by atoms with Gasteiger partial charge in [-0.3, -0.25) is 24.6 Å². The molecule has 1 aromatic heterocycles. The van der Waals surface area contributed by atoms with Crippen LogP contribution < -0.4 is 9.64 Å². The van der Waals surface area contributed by atoms with E-state index in [0.29, 0.717) is 17.1 Å². The van der Waals surface area contributed by atoms with E-state index in [1.165, 1.54) is 24.3 Å².